The predicted molar refractivity (Wildman–Crippen MR) is 84.8 cm³/mol. The van der Waals surface area contributed by atoms with Crippen molar-refractivity contribution < 1.29 is 28.0 Å². The summed E-state index contributed by atoms with van der Waals surface area (Å²) in [6.07, 6.45) is 0.00905. The highest BCUT2D eigenvalue weighted by Gasteiger charge is 2.15. The quantitative estimate of drug-likeness (QED) is 0.322. The van der Waals surface area contributed by atoms with Crippen molar-refractivity contribution in [1.82, 2.24) is 0 Å². The Bertz CT molecular complexity index is 749. The van der Waals surface area contributed by atoms with E-state index in [2.05, 4.69) is 4.74 Å². The highest BCUT2D eigenvalue weighted by atomic mass is 19.3. The molecule has 0 unspecified atom stereocenters. The van der Waals surface area contributed by atoms with Crippen molar-refractivity contribution >= 4 is 11.7 Å². The predicted octanol–water partition coefficient (Wildman–Crippen LogP) is 4.30. The number of nitrogens with zero attached hydrogens (tertiary/aromatic N) is 1. The average molecular weight is 351 g/mol. The van der Waals surface area contributed by atoms with Crippen LogP contribution in [0.3, 0.4) is 0 Å². The number of rotatable bonds is 7. The zero-order chi connectivity index (χ0) is 18.4. The molecule has 132 valence electrons. The molecule has 0 aliphatic rings. The second-order valence-corrected chi connectivity index (χ2v) is 5.28. The molecular weight excluding hydrogens is 336 g/mol. The van der Waals surface area contributed by atoms with E-state index in [0.29, 0.717) is 5.56 Å². The summed E-state index contributed by atoms with van der Waals surface area (Å²) in [5.74, 6) is -0.617. The Balaban J connectivity index is 1.96. The summed E-state index contributed by atoms with van der Waals surface area (Å²) in [4.78, 5) is 22.0. The highest BCUT2D eigenvalue weighted by Crippen LogP contribution is 2.25. The van der Waals surface area contributed by atoms with Gasteiger partial charge in [-0.15, -0.1) is 0 Å². The van der Waals surface area contributed by atoms with Crippen molar-refractivity contribution in [1.29, 1.82) is 0 Å². The number of non-ortho nitro benzene ring substituents is 1. The van der Waals surface area contributed by atoms with Crippen LogP contribution in [0.25, 0.3) is 0 Å². The first-order valence-electron chi connectivity index (χ1n) is 7.35. The van der Waals surface area contributed by atoms with E-state index < -0.39 is 17.5 Å². The molecule has 0 fully saturated rings. The van der Waals surface area contributed by atoms with E-state index in [1.165, 1.54) is 36.4 Å². The van der Waals surface area contributed by atoms with Crippen molar-refractivity contribution in [3.63, 3.8) is 0 Å². The topological polar surface area (TPSA) is 78.7 Å². The molecule has 8 heteroatoms. The van der Waals surface area contributed by atoms with Gasteiger partial charge < -0.3 is 9.47 Å². The van der Waals surface area contributed by atoms with Crippen LogP contribution >= 0.6 is 0 Å². The second kappa shape index (κ2) is 8.18. The molecule has 0 aromatic heterocycles. The van der Waals surface area contributed by atoms with Crippen LogP contribution in [0.2, 0.25) is 0 Å². The summed E-state index contributed by atoms with van der Waals surface area (Å²) in [5, 5.41) is 10.6. The van der Waals surface area contributed by atoms with Gasteiger partial charge in [-0.05, 0) is 35.7 Å². The lowest BCUT2D eigenvalue weighted by molar-refractivity contribution is -0.384. The number of nitro groups is 1. The minimum absolute atomic E-state index is 0.00905. The first-order valence-corrected chi connectivity index (χ1v) is 7.35. The van der Waals surface area contributed by atoms with E-state index in [9.17, 15) is 23.7 Å². The van der Waals surface area contributed by atoms with Crippen LogP contribution in [0.5, 0.6) is 11.5 Å². The minimum atomic E-state index is -2.92. The lowest BCUT2D eigenvalue weighted by Gasteiger charge is -2.13. The van der Waals surface area contributed by atoms with E-state index in [1.54, 1.807) is 19.1 Å². The summed E-state index contributed by atoms with van der Waals surface area (Å²) >= 11 is 0. The van der Waals surface area contributed by atoms with Gasteiger partial charge >= 0.3 is 12.6 Å². The van der Waals surface area contributed by atoms with Crippen LogP contribution in [0.4, 0.5) is 14.5 Å². The van der Waals surface area contributed by atoms with E-state index in [1.807, 2.05) is 0 Å². The van der Waals surface area contributed by atoms with E-state index in [4.69, 9.17) is 4.74 Å². The smallest absolute Gasteiger partial charge is 0.387 e. The number of hydrogen-bond acceptors (Lipinski definition) is 5. The van der Waals surface area contributed by atoms with Gasteiger partial charge in [0.15, 0.2) is 0 Å². The van der Waals surface area contributed by atoms with Gasteiger partial charge in [-0.2, -0.15) is 8.78 Å². The molecule has 0 radical (unpaired) electrons. The summed E-state index contributed by atoms with van der Waals surface area (Å²) in [5.41, 5.74) is 0.544. The maximum absolute atomic E-state index is 12.2. The Morgan fingerprint density at radius 1 is 1.16 bits per heavy atom. The van der Waals surface area contributed by atoms with Gasteiger partial charge in [0, 0.05) is 12.1 Å². The van der Waals surface area contributed by atoms with Gasteiger partial charge in [0.1, 0.15) is 11.5 Å². The molecule has 0 aliphatic carbocycles. The van der Waals surface area contributed by atoms with Gasteiger partial charge in [0.2, 0.25) is 0 Å². The zero-order valence-electron chi connectivity index (χ0n) is 13.2. The maximum atomic E-state index is 12.2. The van der Waals surface area contributed by atoms with E-state index in [-0.39, 0.29) is 29.5 Å². The molecule has 0 saturated carbocycles. The molecular formula is C17H15F2NO5. The lowest BCUT2D eigenvalue weighted by Crippen LogP contribution is -2.12. The van der Waals surface area contributed by atoms with Gasteiger partial charge in [-0.25, -0.2) is 0 Å². The summed E-state index contributed by atoms with van der Waals surface area (Å²) in [6, 6.07) is 11.2. The molecule has 0 N–H and O–H groups in total. The number of ether oxygens (including phenoxy) is 2. The summed E-state index contributed by atoms with van der Waals surface area (Å²) in [7, 11) is 0. The molecule has 2 rings (SSSR count). The largest absolute Gasteiger partial charge is 0.435 e. The highest BCUT2D eigenvalue weighted by molar-refractivity contribution is 5.73. The number of carbonyl (C=O) groups excluding carboxylic acids is 1. The fourth-order valence-electron chi connectivity index (χ4n) is 2.17. The molecule has 1 atom stereocenters. The Kier molecular flexibility index (Phi) is 5.99. The second-order valence-electron chi connectivity index (χ2n) is 5.28. The fourth-order valence-corrected chi connectivity index (χ4v) is 2.17. The number of hydrogen-bond donors (Lipinski definition) is 0. The molecule has 0 bridgehead atoms. The number of benzene rings is 2. The van der Waals surface area contributed by atoms with Crippen LogP contribution < -0.4 is 9.47 Å². The summed E-state index contributed by atoms with van der Waals surface area (Å²) < 4.78 is 33.9. The van der Waals surface area contributed by atoms with E-state index in [0.717, 1.165) is 0 Å². The van der Waals surface area contributed by atoms with Crippen molar-refractivity contribution in [2.24, 2.45) is 0 Å². The lowest BCUT2D eigenvalue weighted by atomic mass is 9.98. The number of carbonyl (C=O) groups is 1. The average Bonchev–Trinajstić information content (AvgIpc) is 2.54. The first kappa shape index (κ1) is 18.3. The summed E-state index contributed by atoms with van der Waals surface area (Å²) in [6.45, 7) is -1.17. The Morgan fingerprint density at radius 3 is 2.44 bits per heavy atom. The van der Waals surface area contributed by atoms with Crippen LogP contribution in [0.15, 0.2) is 48.5 Å². The van der Waals surface area contributed by atoms with Crippen molar-refractivity contribution in [2.75, 3.05) is 0 Å². The normalized spacial score (nSPS) is 11.8. The van der Waals surface area contributed by atoms with Gasteiger partial charge in [-0.3, -0.25) is 14.9 Å². The molecule has 0 saturated heterocycles. The molecule has 2 aromatic rings. The van der Waals surface area contributed by atoms with Crippen molar-refractivity contribution in [3.8, 4) is 11.5 Å². The van der Waals surface area contributed by atoms with Crippen LogP contribution in [0, 0.1) is 10.1 Å². The first-order chi connectivity index (χ1) is 11.8. The zero-order valence-corrected chi connectivity index (χ0v) is 13.2. The van der Waals surface area contributed by atoms with Gasteiger partial charge in [-0.1, -0.05) is 19.1 Å². The number of esters is 1. The molecule has 2 aromatic carbocycles. The third-order valence-corrected chi connectivity index (χ3v) is 3.40. The number of halogens is 2. The van der Waals surface area contributed by atoms with Crippen molar-refractivity contribution in [2.45, 2.75) is 25.9 Å². The van der Waals surface area contributed by atoms with E-state index >= 15 is 0 Å². The Labute approximate surface area is 142 Å². The minimum Gasteiger partial charge on any atom is -0.435 e. The van der Waals surface area contributed by atoms with Crippen molar-refractivity contribution in [3.05, 3.63) is 64.2 Å². The molecule has 0 aliphatic heterocycles. The van der Waals surface area contributed by atoms with Gasteiger partial charge in [0.05, 0.1) is 11.3 Å². The fraction of sp³-hybridized carbons (Fsp3) is 0.235. The Morgan fingerprint density at radius 2 is 1.84 bits per heavy atom. The molecule has 6 nitrogen and oxygen atoms in total. The van der Waals surface area contributed by atoms with Crippen LogP contribution in [0.1, 0.15) is 24.8 Å². The number of alkyl halides is 2. The molecule has 0 spiro atoms. The standard InChI is InChI=1S/C17H15F2NO5/c1-11(12-3-2-4-15(10-12)25-17(18)19)9-16(21)24-14-7-5-13(6-8-14)20(22)23/h2-8,10-11,17H,9H2,1H3/t11-/m1/s1. The van der Waals surface area contributed by atoms with Crippen LogP contribution in [-0.4, -0.2) is 17.5 Å². The molecule has 0 amide bonds. The SMILES string of the molecule is C[C@H](CC(=O)Oc1ccc([N+](=O)[O-])cc1)c1cccc(OC(F)F)c1. The monoisotopic (exact) mass is 351 g/mol. The Hall–Kier alpha value is -3.03. The molecule has 0 heterocycles. The molecule has 25 heavy (non-hydrogen) atoms. The third kappa shape index (κ3) is 5.52. The van der Waals surface area contributed by atoms with Crippen LogP contribution in [-0.2, 0) is 4.79 Å². The van der Waals surface area contributed by atoms with Gasteiger partial charge in [0.25, 0.3) is 5.69 Å². The third-order valence-electron chi connectivity index (χ3n) is 3.40. The number of nitro benzene ring substituents is 1. The maximum Gasteiger partial charge on any atom is 0.387 e.